The summed E-state index contributed by atoms with van der Waals surface area (Å²) in [7, 11) is 0. The first-order valence-corrected chi connectivity index (χ1v) is 9.04. The van der Waals surface area contributed by atoms with Crippen molar-refractivity contribution < 1.29 is 14.7 Å². The van der Waals surface area contributed by atoms with Crippen LogP contribution in [0.15, 0.2) is 24.3 Å². The van der Waals surface area contributed by atoms with Crippen LogP contribution in [-0.4, -0.2) is 50.1 Å². The van der Waals surface area contributed by atoms with Gasteiger partial charge in [0.15, 0.2) is 5.60 Å². The first-order valence-electron chi connectivity index (χ1n) is 9.04. The molecule has 2 heterocycles. The highest BCUT2D eigenvalue weighted by molar-refractivity contribution is 5.86. The van der Waals surface area contributed by atoms with Crippen LogP contribution in [0, 0.1) is 0 Å². The van der Waals surface area contributed by atoms with Crippen molar-refractivity contribution >= 4 is 22.8 Å². The number of aromatic nitrogens is 2. The van der Waals surface area contributed by atoms with E-state index >= 15 is 0 Å². The Morgan fingerprint density at radius 2 is 2.08 bits per heavy atom. The van der Waals surface area contributed by atoms with Gasteiger partial charge in [0.2, 0.25) is 5.91 Å². The van der Waals surface area contributed by atoms with E-state index < -0.39 is 11.5 Å². The maximum atomic E-state index is 12.6. The molecule has 3 rings (SSSR count). The van der Waals surface area contributed by atoms with Gasteiger partial charge in [0.1, 0.15) is 5.82 Å². The number of benzene rings is 1. The standard InChI is InChI=1S/C19H26N4O3/c1-13(2)23-16-8-5-4-7-15(16)21-17(23)11-20-18(25)19(26)9-6-10-22(12-19)14(3)24/h4-5,7-8,13,26H,6,9-12H2,1-3H3,(H,20,25)/t19-/m1/s1. The molecule has 0 unspecified atom stereocenters. The number of likely N-dealkylation sites (tertiary alicyclic amines) is 1. The van der Waals surface area contributed by atoms with Crippen LogP contribution in [0.3, 0.4) is 0 Å². The minimum absolute atomic E-state index is 0.0365. The van der Waals surface area contributed by atoms with Crippen LogP contribution in [0.5, 0.6) is 0 Å². The molecule has 1 atom stereocenters. The molecule has 2 aromatic rings. The first kappa shape index (κ1) is 18.4. The molecule has 140 valence electrons. The van der Waals surface area contributed by atoms with Gasteiger partial charge in [0, 0.05) is 19.5 Å². The topological polar surface area (TPSA) is 87.5 Å². The highest BCUT2D eigenvalue weighted by Gasteiger charge is 2.41. The number of nitrogens with one attached hydrogen (secondary N) is 1. The third-order valence-corrected chi connectivity index (χ3v) is 4.93. The van der Waals surface area contributed by atoms with Gasteiger partial charge in [0.25, 0.3) is 5.91 Å². The fourth-order valence-electron chi connectivity index (χ4n) is 3.61. The Morgan fingerprint density at radius 3 is 2.77 bits per heavy atom. The second-order valence-corrected chi connectivity index (χ2v) is 7.24. The summed E-state index contributed by atoms with van der Waals surface area (Å²) in [5.74, 6) is 0.167. The van der Waals surface area contributed by atoms with Gasteiger partial charge < -0.3 is 19.9 Å². The maximum absolute atomic E-state index is 12.6. The number of piperidine rings is 1. The van der Waals surface area contributed by atoms with Gasteiger partial charge >= 0.3 is 0 Å². The molecular weight excluding hydrogens is 332 g/mol. The fourth-order valence-corrected chi connectivity index (χ4v) is 3.61. The minimum atomic E-state index is -1.54. The second kappa shape index (κ2) is 7.07. The summed E-state index contributed by atoms with van der Waals surface area (Å²) >= 11 is 0. The van der Waals surface area contributed by atoms with Crippen LogP contribution in [0.1, 0.15) is 45.5 Å². The number of amides is 2. The van der Waals surface area contributed by atoms with E-state index in [-0.39, 0.29) is 25.0 Å². The number of β-amino-alcohol motifs (C(OH)–C–C–N with tert-alkyl or cyclic N) is 1. The number of rotatable bonds is 4. The highest BCUT2D eigenvalue weighted by atomic mass is 16.3. The molecule has 7 nitrogen and oxygen atoms in total. The average Bonchev–Trinajstić information content (AvgIpc) is 2.98. The second-order valence-electron chi connectivity index (χ2n) is 7.24. The van der Waals surface area contributed by atoms with E-state index in [1.54, 1.807) is 0 Å². The number of carbonyl (C=O) groups is 2. The van der Waals surface area contributed by atoms with Crippen molar-refractivity contribution in [2.45, 2.75) is 51.8 Å². The molecule has 26 heavy (non-hydrogen) atoms. The van der Waals surface area contributed by atoms with Crippen LogP contribution < -0.4 is 5.32 Å². The zero-order valence-electron chi connectivity index (χ0n) is 15.5. The molecule has 0 spiro atoms. The van der Waals surface area contributed by atoms with Crippen LogP contribution in [0.25, 0.3) is 11.0 Å². The molecular formula is C19H26N4O3. The van der Waals surface area contributed by atoms with E-state index in [0.29, 0.717) is 19.4 Å². The molecule has 2 N–H and O–H groups in total. The summed E-state index contributed by atoms with van der Waals surface area (Å²) in [6, 6.07) is 8.04. The van der Waals surface area contributed by atoms with Gasteiger partial charge in [-0.15, -0.1) is 0 Å². The van der Waals surface area contributed by atoms with Crippen molar-refractivity contribution in [1.29, 1.82) is 0 Å². The molecule has 0 bridgehead atoms. The third kappa shape index (κ3) is 3.44. The normalized spacial score (nSPS) is 20.6. The van der Waals surface area contributed by atoms with E-state index in [4.69, 9.17) is 0 Å². The molecule has 1 fully saturated rings. The van der Waals surface area contributed by atoms with E-state index in [2.05, 4.69) is 28.7 Å². The Bertz CT molecular complexity index is 829. The number of imidazole rings is 1. The van der Waals surface area contributed by atoms with E-state index in [1.807, 2.05) is 24.3 Å². The summed E-state index contributed by atoms with van der Waals surface area (Å²) < 4.78 is 2.09. The van der Waals surface area contributed by atoms with E-state index in [1.165, 1.54) is 11.8 Å². The molecule has 7 heteroatoms. The molecule has 1 aromatic carbocycles. The lowest BCUT2D eigenvalue weighted by molar-refractivity contribution is -0.150. The number of nitrogens with zero attached hydrogens (tertiary/aromatic N) is 3. The first-order chi connectivity index (χ1) is 12.3. The number of para-hydroxylation sites is 2. The number of carbonyl (C=O) groups excluding carboxylic acids is 2. The van der Waals surface area contributed by atoms with Gasteiger partial charge in [-0.25, -0.2) is 4.98 Å². The summed E-state index contributed by atoms with van der Waals surface area (Å²) in [4.78, 5) is 30.3. The Hall–Kier alpha value is -2.41. The lowest BCUT2D eigenvalue weighted by atomic mass is 9.92. The van der Waals surface area contributed by atoms with Crippen molar-refractivity contribution in [3.05, 3.63) is 30.1 Å². The fraction of sp³-hybridized carbons (Fsp3) is 0.526. The van der Waals surface area contributed by atoms with Crippen molar-refractivity contribution in [1.82, 2.24) is 19.8 Å². The molecule has 2 amide bonds. The predicted octanol–water partition coefficient (Wildman–Crippen LogP) is 1.61. The molecule has 0 aliphatic carbocycles. The Labute approximate surface area is 153 Å². The quantitative estimate of drug-likeness (QED) is 0.869. The molecule has 1 saturated heterocycles. The molecule has 1 aliphatic rings. The third-order valence-electron chi connectivity index (χ3n) is 4.93. The van der Waals surface area contributed by atoms with Crippen molar-refractivity contribution in [2.75, 3.05) is 13.1 Å². The van der Waals surface area contributed by atoms with Gasteiger partial charge in [-0.1, -0.05) is 12.1 Å². The molecule has 1 aliphatic heterocycles. The molecule has 0 saturated carbocycles. The van der Waals surface area contributed by atoms with Crippen LogP contribution in [0.2, 0.25) is 0 Å². The average molecular weight is 358 g/mol. The smallest absolute Gasteiger partial charge is 0.254 e. The van der Waals surface area contributed by atoms with Gasteiger partial charge in [-0.3, -0.25) is 9.59 Å². The summed E-state index contributed by atoms with van der Waals surface area (Å²) in [6.07, 6.45) is 0.956. The molecule has 1 aromatic heterocycles. The summed E-state index contributed by atoms with van der Waals surface area (Å²) in [5.41, 5.74) is 0.356. The Morgan fingerprint density at radius 1 is 1.35 bits per heavy atom. The van der Waals surface area contributed by atoms with Crippen LogP contribution in [-0.2, 0) is 16.1 Å². The Kier molecular flexibility index (Phi) is 5.00. The lowest BCUT2D eigenvalue weighted by Gasteiger charge is -2.37. The summed E-state index contributed by atoms with van der Waals surface area (Å²) in [5, 5.41) is 13.5. The van der Waals surface area contributed by atoms with E-state index in [9.17, 15) is 14.7 Å². The van der Waals surface area contributed by atoms with Crippen LogP contribution in [0.4, 0.5) is 0 Å². The zero-order valence-corrected chi connectivity index (χ0v) is 15.5. The van der Waals surface area contributed by atoms with Gasteiger partial charge in [-0.05, 0) is 38.8 Å². The van der Waals surface area contributed by atoms with Crippen molar-refractivity contribution in [3.63, 3.8) is 0 Å². The number of hydrogen-bond donors (Lipinski definition) is 2. The highest BCUT2D eigenvalue weighted by Crippen LogP contribution is 2.23. The number of fused-ring (bicyclic) bond motifs is 1. The number of aliphatic hydroxyl groups is 1. The minimum Gasteiger partial charge on any atom is -0.378 e. The number of hydrogen-bond acceptors (Lipinski definition) is 4. The SMILES string of the molecule is CC(=O)N1CCC[C@](O)(C(=O)NCc2nc3ccccc3n2C(C)C)C1. The predicted molar refractivity (Wildman–Crippen MR) is 98.4 cm³/mol. The Balaban J connectivity index is 1.76. The van der Waals surface area contributed by atoms with E-state index in [0.717, 1.165) is 16.9 Å². The lowest BCUT2D eigenvalue weighted by Crippen LogP contribution is -2.57. The molecule has 0 radical (unpaired) electrons. The maximum Gasteiger partial charge on any atom is 0.254 e. The monoisotopic (exact) mass is 358 g/mol. The largest absolute Gasteiger partial charge is 0.378 e. The van der Waals surface area contributed by atoms with Gasteiger partial charge in [-0.2, -0.15) is 0 Å². The van der Waals surface area contributed by atoms with Crippen molar-refractivity contribution in [3.8, 4) is 0 Å². The zero-order chi connectivity index (χ0) is 18.9. The van der Waals surface area contributed by atoms with Crippen molar-refractivity contribution in [2.24, 2.45) is 0 Å². The summed E-state index contributed by atoms with van der Waals surface area (Å²) in [6.45, 7) is 6.43. The van der Waals surface area contributed by atoms with Crippen LogP contribution >= 0.6 is 0 Å². The van der Waals surface area contributed by atoms with Gasteiger partial charge in [0.05, 0.1) is 24.1 Å².